The van der Waals surface area contributed by atoms with Crippen LogP contribution in [-0.4, -0.2) is 48.3 Å². The topological polar surface area (TPSA) is 40.6 Å². The van der Waals surface area contributed by atoms with E-state index in [1.807, 2.05) is 32.6 Å². The van der Waals surface area contributed by atoms with E-state index in [9.17, 15) is 9.59 Å². The molecule has 108 valence electrons. The fourth-order valence-electron chi connectivity index (χ4n) is 2.73. The zero-order valence-corrected chi connectivity index (χ0v) is 12.7. The van der Waals surface area contributed by atoms with Crippen molar-refractivity contribution >= 4 is 12.3 Å². The highest BCUT2D eigenvalue weighted by molar-refractivity contribution is 5.97. The van der Waals surface area contributed by atoms with E-state index in [1.54, 1.807) is 4.90 Å². The molecule has 0 saturated carbocycles. The van der Waals surface area contributed by atoms with E-state index < -0.39 is 0 Å². The number of nitrogens with zero attached hydrogens (tertiary/aromatic N) is 2. The van der Waals surface area contributed by atoms with Crippen LogP contribution in [0.15, 0.2) is 6.07 Å². The summed E-state index contributed by atoms with van der Waals surface area (Å²) >= 11 is 0. The maximum absolute atomic E-state index is 12.8. The molecule has 20 heavy (non-hydrogen) atoms. The smallest absolute Gasteiger partial charge is 0.254 e. The second kappa shape index (κ2) is 5.65. The molecule has 1 saturated heterocycles. The maximum Gasteiger partial charge on any atom is 0.254 e. The molecule has 0 N–H and O–H groups in total. The molecular weight excluding hydrogens is 252 g/mol. The molecule has 0 bridgehead atoms. The lowest BCUT2D eigenvalue weighted by atomic mass is 9.93. The monoisotopic (exact) mass is 274 g/mol. The van der Waals surface area contributed by atoms with Gasteiger partial charge in [0.05, 0.1) is 0 Å². The van der Waals surface area contributed by atoms with Crippen molar-refractivity contribution in [2.75, 3.05) is 26.2 Å². The highest BCUT2D eigenvalue weighted by Crippen LogP contribution is 2.23. The molecule has 0 aromatic heterocycles. The van der Waals surface area contributed by atoms with Crippen LogP contribution in [0, 0.1) is 27.7 Å². The average Bonchev–Trinajstić information content (AvgIpc) is 2.45. The van der Waals surface area contributed by atoms with Gasteiger partial charge < -0.3 is 9.80 Å². The summed E-state index contributed by atoms with van der Waals surface area (Å²) in [6.07, 6.45) is 0.856. The first-order valence-electron chi connectivity index (χ1n) is 7.01. The Hall–Kier alpha value is -1.84. The molecular formula is C16H22N2O2. The Bertz CT molecular complexity index is 518. The van der Waals surface area contributed by atoms with Gasteiger partial charge in [0, 0.05) is 31.7 Å². The number of benzene rings is 1. The van der Waals surface area contributed by atoms with E-state index >= 15 is 0 Å². The van der Waals surface area contributed by atoms with Crippen molar-refractivity contribution < 1.29 is 9.59 Å². The molecule has 4 nitrogen and oxygen atoms in total. The zero-order chi connectivity index (χ0) is 14.9. The lowest BCUT2D eigenvalue weighted by Gasteiger charge is -2.33. The van der Waals surface area contributed by atoms with Crippen LogP contribution in [0.5, 0.6) is 0 Å². The zero-order valence-electron chi connectivity index (χ0n) is 12.7. The van der Waals surface area contributed by atoms with Crippen LogP contribution in [0.25, 0.3) is 0 Å². The molecule has 1 heterocycles. The number of hydrogen-bond donors (Lipinski definition) is 0. The molecule has 4 heteroatoms. The van der Waals surface area contributed by atoms with Crippen LogP contribution in [0.4, 0.5) is 0 Å². The van der Waals surface area contributed by atoms with Gasteiger partial charge in [-0.1, -0.05) is 6.07 Å². The summed E-state index contributed by atoms with van der Waals surface area (Å²) in [5.41, 5.74) is 5.28. The highest BCUT2D eigenvalue weighted by Gasteiger charge is 2.24. The van der Waals surface area contributed by atoms with Gasteiger partial charge in [0.25, 0.3) is 5.91 Å². The second-order valence-electron chi connectivity index (χ2n) is 5.57. The molecule has 1 fully saturated rings. The summed E-state index contributed by atoms with van der Waals surface area (Å²) in [5.74, 6) is 0.0948. The van der Waals surface area contributed by atoms with Gasteiger partial charge in [-0.3, -0.25) is 9.59 Å². The van der Waals surface area contributed by atoms with Crippen molar-refractivity contribution in [1.82, 2.24) is 9.80 Å². The van der Waals surface area contributed by atoms with Gasteiger partial charge in [0.1, 0.15) is 0 Å². The van der Waals surface area contributed by atoms with Gasteiger partial charge in [0.15, 0.2) is 0 Å². The molecule has 1 aliphatic rings. The minimum absolute atomic E-state index is 0.0948. The van der Waals surface area contributed by atoms with Crippen LogP contribution >= 0.6 is 0 Å². The standard InChI is InChI=1S/C16H22N2O2/c1-11-9-12(2)14(4)15(13(11)3)16(20)18-7-5-17(10-19)6-8-18/h9-10H,5-8H2,1-4H3. The lowest BCUT2D eigenvalue weighted by Crippen LogP contribution is -2.48. The molecule has 0 spiro atoms. The Labute approximate surface area is 120 Å². The Morgan fingerprint density at radius 2 is 1.50 bits per heavy atom. The Morgan fingerprint density at radius 1 is 1.00 bits per heavy atom. The molecule has 2 rings (SSSR count). The largest absolute Gasteiger partial charge is 0.342 e. The Balaban J connectivity index is 2.28. The van der Waals surface area contributed by atoms with Gasteiger partial charge in [0.2, 0.25) is 6.41 Å². The number of amides is 2. The van der Waals surface area contributed by atoms with Crippen molar-refractivity contribution in [2.45, 2.75) is 27.7 Å². The number of carbonyl (C=O) groups is 2. The van der Waals surface area contributed by atoms with Crippen molar-refractivity contribution in [2.24, 2.45) is 0 Å². The first-order valence-corrected chi connectivity index (χ1v) is 7.01. The summed E-state index contributed by atoms with van der Waals surface area (Å²) in [6.45, 7) is 10.6. The molecule has 1 aromatic carbocycles. The van der Waals surface area contributed by atoms with Crippen molar-refractivity contribution in [1.29, 1.82) is 0 Å². The van der Waals surface area contributed by atoms with Crippen LogP contribution in [0.3, 0.4) is 0 Å². The van der Waals surface area contributed by atoms with Gasteiger partial charge in [-0.2, -0.15) is 0 Å². The van der Waals surface area contributed by atoms with E-state index in [0.717, 1.165) is 34.2 Å². The van der Waals surface area contributed by atoms with E-state index in [1.165, 1.54) is 0 Å². The predicted molar refractivity (Wildman–Crippen MR) is 78.9 cm³/mol. The highest BCUT2D eigenvalue weighted by atomic mass is 16.2. The average molecular weight is 274 g/mol. The third-order valence-electron chi connectivity index (χ3n) is 4.33. The lowest BCUT2D eigenvalue weighted by molar-refractivity contribution is -0.119. The first kappa shape index (κ1) is 14.6. The summed E-state index contributed by atoms with van der Waals surface area (Å²) in [5, 5.41) is 0. The number of carbonyl (C=O) groups excluding carboxylic acids is 2. The quantitative estimate of drug-likeness (QED) is 0.772. The maximum atomic E-state index is 12.8. The van der Waals surface area contributed by atoms with Crippen molar-refractivity contribution in [3.63, 3.8) is 0 Å². The summed E-state index contributed by atoms with van der Waals surface area (Å²) in [7, 11) is 0. The molecule has 0 atom stereocenters. The third kappa shape index (κ3) is 2.55. The van der Waals surface area contributed by atoms with E-state index in [-0.39, 0.29) is 5.91 Å². The SMILES string of the molecule is Cc1cc(C)c(C)c(C(=O)N2CCN(C=O)CC2)c1C. The molecule has 2 amide bonds. The van der Waals surface area contributed by atoms with Crippen LogP contribution in [-0.2, 0) is 4.79 Å². The molecule has 0 unspecified atom stereocenters. The summed E-state index contributed by atoms with van der Waals surface area (Å²) in [4.78, 5) is 27.1. The molecule has 0 aliphatic carbocycles. The molecule has 0 radical (unpaired) electrons. The minimum Gasteiger partial charge on any atom is -0.342 e. The fraction of sp³-hybridized carbons (Fsp3) is 0.500. The van der Waals surface area contributed by atoms with Crippen LogP contribution in [0.2, 0.25) is 0 Å². The second-order valence-corrected chi connectivity index (χ2v) is 5.57. The van der Waals surface area contributed by atoms with Crippen molar-refractivity contribution in [3.8, 4) is 0 Å². The van der Waals surface area contributed by atoms with Crippen LogP contribution in [0.1, 0.15) is 32.6 Å². The van der Waals surface area contributed by atoms with Crippen molar-refractivity contribution in [3.05, 3.63) is 33.9 Å². The Kier molecular flexibility index (Phi) is 4.12. The van der Waals surface area contributed by atoms with E-state index in [4.69, 9.17) is 0 Å². The molecule has 1 aromatic rings. The first-order chi connectivity index (χ1) is 9.45. The van der Waals surface area contributed by atoms with E-state index in [2.05, 4.69) is 6.07 Å². The molecule has 1 aliphatic heterocycles. The van der Waals surface area contributed by atoms with Gasteiger partial charge in [-0.15, -0.1) is 0 Å². The number of rotatable bonds is 2. The number of piperazine rings is 1. The van der Waals surface area contributed by atoms with Gasteiger partial charge in [-0.25, -0.2) is 0 Å². The van der Waals surface area contributed by atoms with Gasteiger partial charge >= 0.3 is 0 Å². The van der Waals surface area contributed by atoms with Gasteiger partial charge in [-0.05, 0) is 49.9 Å². The minimum atomic E-state index is 0.0948. The number of aryl methyl sites for hydroxylation is 2. The van der Waals surface area contributed by atoms with Crippen LogP contribution < -0.4 is 0 Å². The van der Waals surface area contributed by atoms with E-state index in [0.29, 0.717) is 26.2 Å². The third-order valence-corrected chi connectivity index (χ3v) is 4.33. The summed E-state index contributed by atoms with van der Waals surface area (Å²) in [6, 6.07) is 2.13. The number of hydrogen-bond acceptors (Lipinski definition) is 2. The fourth-order valence-corrected chi connectivity index (χ4v) is 2.73. The Morgan fingerprint density at radius 3 is 1.95 bits per heavy atom. The summed E-state index contributed by atoms with van der Waals surface area (Å²) < 4.78 is 0. The normalized spacial score (nSPS) is 15.4. The predicted octanol–water partition coefficient (Wildman–Crippen LogP) is 1.83.